The highest BCUT2D eigenvalue weighted by atomic mass is 15.3. The summed E-state index contributed by atoms with van der Waals surface area (Å²) >= 11 is 0. The fraction of sp³-hybridized carbons (Fsp3) is 0.500. The van der Waals surface area contributed by atoms with Crippen LogP contribution >= 0.6 is 0 Å². The Morgan fingerprint density at radius 3 is 2.78 bits per heavy atom. The lowest BCUT2D eigenvalue weighted by Crippen LogP contribution is -2.26. The van der Waals surface area contributed by atoms with E-state index in [1.807, 2.05) is 0 Å². The molecule has 4 nitrogen and oxygen atoms in total. The molecule has 0 radical (unpaired) electrons. The number of aryl methyl sites for hydroxylation is 1. The van der Waals surface area contributed by atoms with Crippen molar-refractivity contribution in [2.24, 2.45) is 0 Å². The first kappa shape index (κ1) is 13.1. The molecule has 0 saturated heterocycles. The molecule has 2 aromatic rings. The first-order chi connectivity index (χ1) is 8.72. The molecule has 0 aliphatic rings. The Morgan fingerprint density at radius 1 is 1.28 bits per heavy atom. The largest absolute Gasteiger partial charge is 0.310 e. The first-order valence-electron chi connectivity index (χ1n) is 6.52. The Morgan fingerprint density at radius 2 is 2.06 bits per heavy atom. The van der Waals surface area contributed by atoms with E-state index >= 15 is 0 Å². The minimum Gasteiger partial charge on any atom is -0.310 e. The summed E-state index contributed by atoms with van der Waals surface area (Å²) < 4.78 is 2.07. The van der Waals surface area contributed by atoms with Gasteiger partial charge in [0.05, 0.1) is 11.2 Å². The molecule has 0 bridgehead atoms. The number of benzene rings is 1. The number of rotatable bonds is 6. The van der Waals surface area contributed by atoms with Gasteiger partial charge in [0.2, 0.25) is 0 Å². The molecule has 1 heterocycles. The van der Waals surface area contributed by atoms with E-state index < -0.39 is 0 Å². The molecule has 0 fully saturated rings. The second-order valence-corrected chi connectivity index (χ2v) is 4.76. The van der Waals surface area contributed by atoms with Gasteiger partial charge in [0, 0.05) is 31.6 Å². The van der Waals surface area contributed by atoms with E-state index in [-0.39, 0.29) is 0 Å². The van der Waals surface area contributed by atoms with Crippen LogP contribution in [0.5, 0.6) is 0 Å². The van der Waals surface area contributed by atoms with Gasteiger partial charge in [0.1, 0.15) is 0 Å². The van der Waals surface area contributed by atoms with E-state index in [0.717, 1.165) is 31.9 Å². The van der Waals surface area contributed by atoms with Crippen molar-refractivity contribution in [3.63, 3.8) is 0 Å². The van der Waals surface area contributed by atoms with Crippen LogP contribution in [0.4, 0.5) is 0 Å². The molecular formula is C14H22N4. The van der Waals surface area contributed by atoms with E-state index in [4.69, 9.17) is 0 Å². The van der Waals surface area contributed by atoms with Gasteiger partial charge in [-0.1, -0.05) is 18.2 Å². The average molecular weight is 246 g/mol. The zero-order valence-corrected chi connectivity index (χ0v) is 11.5. The molecule has 1 aromatic carbocycles. The second kappa shape index (κ2) is 5.98. The summed E-state index contributed by atoms with van der Waals surface area (Å²) in [6, 6.07) is 8.43. The Kier molecular flexibility index (Phi) is 4.33. The van der Waals surface area contributed by atoms with Crippen LogP contribution in [0.1, 0.15) is 12.6 Å². The number of aromatic nitrogens is 2. The molecule has 0 atom stereocenters. The van der Waals surface area contributed by atoms with Crippen LogP contribution < -0.4 is 5.32 Å². The zero-order chi connectivity index (χ0) is 13.0. The molecule has 98 valence electrons. The molecule has 0 saturated carbocycles. The molecule has 1 aromatic heterocycles. The van der Waals surface area contributed by atoms with Gasteiger partial charge in [-0.3, -0.25) is 4.68 Å². The molecule has 0 unspecified atom stereocenters. The van der Waals surface area contributed by atoms with Gasteiger partial charge in [-0.15, -0.1) is 0 Å². The van der Waals surface area contributed by atoms with Crippen molar-refractivity contribution in [2.45, 2.75) is 20.0 Å². The molecular weight excluding hydrogens is 224 g/mol. The Bertz CT molecular complexity index is 501. The summed E-state index contributed by atoms with van der Waals surface area (Å²) in [7, 11) is 4.17. The van der Waals surface area contributed by atoms with Gasteiger partial charge in [-0.05, 0) is 27.1 Å². The molecule has 1 N–H and O–H groups in total. The summed E-state index contributed by atoms with van der Waals surface area (Å²) in [4.78, 5) is 2.18. The Balaban J connectivity index is 2.08. The van der Waals surface area contributed by atoms with Crippen molar-refractivity contribution >= 4 is 10.9 Å². The van der Waals surface area contributed by atoms with Crippen LogP contribution in [0.2, 0.25) is 0 Å². The number of hydrogen-bond donors (Lipinski definition) is 1. The topological polar surface area (TPSA) is 33.1 Å². The van der Waals surface area contributed by atoms with Crippen LogP contribution in [-0.2, 0) is 13.1 Å². The lowest BCUT2D eigenvalue weighted by molar-refractivity contribution is 0.399. The van der Waals surface area contributed by atoms with E-state index in [2.05, 4.69) is 65.3 Å². The fourth-order valence-electron chi connectivity index (χ4n) is 2.08. The van der Waals surface area contributed by atoms with Crippen molar-refractivity contribution < 1.29 is 0 Å². The summed E-state index contributed by atoms with van der Waals surface area (Å²) in [5.74, 6) is 0. The van der Waals surface area contributed by atoms with Crippen LogP contribution in [0.25, 0.3) is 10.9 Å². The third kappa shape index (κ3) is 2.89. The molecule has 0 amide bonds. The predicted molar refractivity (Wildman–Crippen MR) is 75.7 cm³/mol. The number of para-hydroxylation sites is 1. The maximum atomic E-state index is 4.67. The van der Waals surface area contributed by atoms with Gasteiger partial charge in [-0.25, -0.2) is 0 Å². The molecule has 4 heteroatoms. The molecule has 0 spiro atoms. The zero-order valence-electron chi connectivity index (χ0n) is 11.5. The first-order valence-corrected chi connectivity index (χ1v) is 6.52. The second-order valence-electron chi connectivity index (χ2n) is 4.76. The van der Waals surface area contributed by atoms with E-state index in [0.29, 0.717) is 0 Å². The third-order valence-electron chi connectivity index (χ3n) is 3.06. The number of likely N-dealkylation sites (N-methyl/N-ethyl adjacent to an activating group) is 1. The predicted octanol–water partition coefficient (Wildman–Crippen LogP) is 1.71. The summed E-state index contributed by atoms with van der Waals surface area (Å²) in [5, 5.41) is 9.37. The van der Waals surface area contributed by atoms with Crippen molar-refractivity contribution in [3.8, 4) is 0 Å². The smallest absolute Gasteiger partial charge is 0.0841 e. The van der Waals surface area contributed by atoms with Gasteiger partial charge in [0.15, 0.2) is 0 Å². The van der Waals surface area contributed by atoms with Crippen molar-refractivity contribution in [1.82, 2.24) is 20.0 Å². The number of hydrogen-bond acceptors (Lipinski definition) is 3. The molecule has 18 heavy (non-hydrogen) atoms. The fourth-order valence-corrected chi connectivity index (χ4v) is 2.08. The van der Waals surface area contributed by atoms with E-state index in [1.165, 1.54) is 10.9 Å². The van der Waals surface area contributed by atoms with Gasteiger partial charge >= 0.3 is 0 Å². The van der Waals surface area contributed by atoms with Gasteiger partial charge in [-0.2, -0.15) is 5.10 Å². The van der Waals surface area contributed by atoms with Crippen LogP contribution in [0.15, 0.2) is 24.3 Å². The average Bonchev–Trinajstić information content (AvgIpc) is 2.73. The number of nitrogens with one attached hydrogen (secondary N) is 1. The summed E-state index contributed by atoms with van der Waals surface area (Å²) in [6.07, 6.45) is 0. The summed E-state index contributed by atoms with van der Waals surface area (Å²) in [5.41, 5.74) is 2.37. The van der Waals surface area contributed by atoms with Crippen LogP contribution in [-0.4, -0.2) is 41.9 Å². The molecule has 0 aliphatic heterocycles. The summed E-state index contributed by atoms with van der Waals surface area (Å²) in [6.45, 7) is 5.91. The monoisotopic (exact) mass is 246 g/mol. The number of nitrogens with zero attached hydrogens (tertiary/aromatic N) is 3. The number of fused-ring (bicyclic) bond motifs is 1. The highest BCUT2D eigenvalue weighted by molar-refractivity contribution is 5.81. The van der Waals surface area contributed by atoms with Crippen LogP contribution in [0, 0.1) is 0 Å². The highest BCUT2D eigenvalue weighted by Gasteiger charge is 2.08. The molecule has 0 aliphatic carbocycles. The normalized spacial score (nSPS) is 11.6. The molecule has 2 rings (SSSR count). The Hall–Kier alpha value is -1.39. The van der Waals surface area contributed by atoms with E-state index in [9.17, 15) is 0 Å². The van der Waals surface area contributed by atoms with Crippen LogP contribution in [0.3, 0.4) is 0 Å². The third-order valence-corrected chi connectivity index (χ3v) is 3.06. The maximum Gasteiger partial charge on any atom is 0.0841 e. The lowest BCUT2D eigenvalue weighted by Gasteiger charge is -2.09. The quantitative estimate of drug-likeness (QED) is 0.788. The van der Waals surface area contributed by atoms with E-state index in [1.54, 1.807) is 0 Å². The standard InChI is InChI=1S/C14H22N4/c1-4-18-14-8-6-5-7-12(14)13(16-18)11-15-9-10-17(2)3/h5-8,15H,4,9-11H2,1-3H3. The maximum absolute atomic E-state index is 4.67. The van der Waals surface area contributed by atoms with Crippen molar-refractivity contribution in [2.75, 3.05) is 27.2 Å². The van der Waals surface area contributed by atoms with Crippen molar-refractivity contribution in [3.05, 3.63) is 30.0 Å². The lowest BCUT2D eigenvalue weighted by atomic mass is 10.2. The van der Waals surface area contributed by atoms with Crippen molar-refractivity contribution in [1.29, 1.82) is 0 Å². The van der Waals surface area contributed by atoms with Gasteiger partial charge in [0.25, 0.3) is 0 Å². The Labute approximate surface area is 109 Å². The minimum atomic E-state index is 0.835. The minimum absolute atomic E-state index is 0.835. The highest BCUT2D eigenvalue weighted by Crippen LogP contribution is 2.17. The van der Waals surface area contributed by atoms with Gasteiger partial charge < -0.3 is 10.2 Å². The SMILES string of the molecule is CCn1nc(CNCCN(C)C)c2ccccc21.